The van der Waals surface area contributed by atoms with E-state index < -0.39 is 5.63 Å². The monoisotopic (exact) mass is 353 g/mol. The van der Waals surface area contributed by atoms with Gasteiger partial charge in [0, 0.05) is 24.1 Å². The molecule has 1 heterocycles. The minimum Gasteiger partial charge on any atom is -0.494 e. The average Bonchev–Trinajstić information content (AvgIpc) is 2.66. The van der Waals surface area contributed by atoms with Gasteiger partial charge < -0.3 is 19.2 Å². The van der Waals surface area contributed by atoms with E-state index in [4.69, 9.17) is 13.9 Å². The first-order valence-corrected chi connectivity index (χ1v) is 8.32. The molecule has 0 saturated heterocycles. The smallest absolute Gasteiger partial charge is 0.336 e. The Bertz CT molecular complexity index is 920. The van der Waals surface area contributed by atoms with Gasteiger partial charge in [0.1, 0.15) is 17.1 Å². The molecule has 6 heteroatoms. The van der Waals surface area contributed by atoms with Crippen molar-refractivity contribution in [2.24, 2.45) is 0 Å². The Morgan fingerprint density at radius 1 is 0.962 bits per heavy atom. The van der Waals surface area contributed by atoms with E-state index in [2.05, 4.69) is 5.32 Å². The van der Waals surface area contributed by atoms with E-state index in [1.165, 1.54) is 6.07 Å². The maximum absolute atomic E-state index is 11.8. The molecule has 0 aliphatic carbocycles. The van der Waals surface area contributed by atoms with Crippen LogP contribution in [0.25, 0.3) is 11.0 Å². The molecular weight excluding hydrogens is 334 g/mol. The molecule has 0 aliphatic rings. The molecule has 3 aromatic rings. The molecule has 2 aromatic carbocycles. The molecule has 6 nitrogen and oxygen atoms in total. The van der Waals surface area contributed by atoms with Crippen LogP contribution >= 0.6 is 0 Å². The summed E-state index contributed by atoms with van der Waals surface area (Å²) in [6.07, 6.45) is 0.696. The summed E-state index contributed by atoms with van der Waals surface area (Å²) in [4.78, 5) is 23.1. The van der Waals surface area contributed by atoms with Gasteiger partial charge in [-0.3, -0.25) is 4.79 Å². The lowest BCUT2D eigenvalue weighted by atomic mass is 10.2. The second-order valence-corrected chi connectivity index (χ2v) is 5.61. The maximum atomic E-state index is 11.8. The first-order valence-electron chi connectivity index (χ1n) is 8.32. The van der Waals surface area contributed by atoms with Crippen LogP contribution in [0, 0.1) is 0 Å². The first-order chi connectivity index (χ1) is 12.7. The van der Waals surface area contributed by atoms with Crippen LogP contribution in [-0.2, 0) is 4.79 Å². The van der Waals surface area contributed by atoms with Gasteiger partial charge in [0.05, 0.1) is 6.61 Å². The van der Waals surface area contributed by atoms with Crippen LogP contribution in [0.4, 0.5) is 0 Å². The summed E-state index contributed by atoms with van der Waals surface area (Å²) in [5.74, 6) is 1.05. The van der Waals surface area contributed by atoms with Gasteiger partial charge in [0.25, 0.3) is 5.91 Å². The highest BCUT2D eigenvalue weighted by molar-refractivity contribution is 5.79. The molecule has 1 amide bonds. The molecule has 1 N–H and O–H groups in total. The molecule has 0 radical (unpaired) electrons. The van der Waals surface area contributed by atoms with Crippen LogP contribution < -0.4 is 20.4 Å². The molecule has 0 fully saturated rings. The maximum Gasteiger partial charge on any atom is 0.336 e. The van der Waals surface area contributed by atoms with Gasteiger partial charge in [-0.15, -0.1) is 0 Å². The Kier molecular flexibility index (Phi) is 5.88. The van der Waals surface area contributed by atoms with Crippen molar-refractivity contribution in [3.05, 3.63) is 71.1 Å². The average molecular weight is 353 g/mol. The third-order valence-electron chi connectivity index (χ3n) is 3.62. The molecule has 3 rings (SSSR count). The molecule has 26 heavy (non-hydrogen) atoms. The van der Waals surface area contributed by atoms with Crippen molar-refractivity contribution in [3.8, 4) is 11.5 Å². The molecule has 0 bridgehead atoms. The lowest BCUT2D eigenvalue weighted by Gasteiger charge is -2.09. The Hall–Kier alpha value is -3.28. The van der Waals surface area contributed by atoms with Gasteiger partial charge >= 0.3 is 5.63 Å². The fourth-order valence-electron chi connectivity index (χ4n) is 2.34. The van der Waals surface area contributed by atoms with Gasteiger partial charge in [0.2, 0.25) is 0 Å². The van der Waals surface area contributed by atoms with E-state index in [9.17, 15) is 9.59 Å². The van der Waals surface area contributed by atoms with Crippen LogP contribution in [0.1, 0.15) is 6.42 Å². The summed E-state index contributed by atoms with van der Waals surface area (Å²) in [7, 11) is 0. The van der Waals surface area contributed by atoms with Crippen molar-refractivity contribution < 1.29 is 18.7 Å². The minimum atomic E-state index is -0.426. The number of hydrogen-bond acceptors (Lipinski definition) is 5. The fourth-order valence-corrected chi connectivity index (χ4v) is 2.34. The molecule has 0 spiro atoms. The number of carbonyl (C=O) groups excluding carboxylic acids is 1. The SMILES string of the molecule is O=C(COc1ccc2ccc(=O)oc2c1)NCCCOc1ccccc1. The van der Waals surface area contributed by atoms with E-state index >= 15 is 0 Å². The van der Waals surface area contributed by atoms with Gasteiger partial charge in [-0.1, -0.05) is 18.2 Å². The van der Waals surface area contributed by atoms with Gasteiger partial charge in [-0.05, 0) is 36.8 Å². The number of nitrogens with one attached hydrogen (secondary N) is 1. The lowest BCUT2D eigenvalue weighted by Crippen LogP contribution is -2.30. The quantitative estimate of drug-likeness (QED) is 0.498. The van der Waals surface area contributed by atoms with E-state index in [1.807, 2.05) is 30.3 Å². The number of ether oxygens (including phenoxy) is 2. The number of benzene rings is 2. The summed E-state index contributed by atoms with van der Waals surface area (Å²) in [6, 6.07) is 17.6. The molecule has 0 atom stereocenters. The van der Waals surface area contributed by atoms with Gasteiger partial charge in [-0.25, -0.2) is 4.79 Å². The van der Waals surface area contributed by atoms with E-state index in [1.54, 1.807) is 24.3 Å². The summed E-state index contributed by atoms with van der Waals surface area (Å²) in [5.41, 5.74) is -0.00131. The lowest BCUT2D eigenvalue weighted by molar-refractivity contribution is -0.123. The minimum absolute atomic E-state index is 0.109. The highest BCUT2D eigenvalue weighted by atomic mass is 16.5. The van der Waals surface area contributed by atoms with Crippen LogP contribution in [0.3, 0.4) is 0 Å². The molecule has 0 aliphatic heterocycles. The highest BCUT2D eigenvalue weighted by Crippen LogP contribution is 2.19. The number of rotatable bonds is 8. The highest BCUT2D eigenvalue weighted by Gasteiger charge is 2.04. The van der Waals surface area contributed by atoms with Crippen LogP contribution in [0.15, 0.2) is 69.9 Å². The third-order valence-corrected chi connectivity index (χ3v) is 3.62. The van der Waals surface area contributed by atoms with Gasteiger partial charge in [-0.2, -0.15) is 0 Å². The normalized spacial score (nSPS) is 10.5. The standard InChI is InChI=1S/C20H19NO5/c22-19(21-11-4-12-24-16-5-2-1-3-6-16)14-25-17-9-7-15-8-10-20(23)26-18(15)13-17/h1-3,5-10,13H,4,11-12,14H2,(H,21,22). The van der Waals surface area contributed by atoms with Crippen molar-refractivity contribution in [2.45, 2.75) is 6.42 Å². The molecule has 1 aromatic heterocycles. The molecule has 134 valence electrons. The Labute approximate surface area is 150 Å². The summed E-state index contributed by atoms with van der Waals surface area (Å²) in [6.45, 7) is 0.915. The number of carbonyl (C=O) groups is 1. The topological polar surface area (TPSA) is 77.8 Å². The molecule has 0 unspecified atom stereocenters. The van der Waals surface area contributed by atoms with E-state index in [-0.39, 0.29) is 12.5 Å². The zero-order valence-corrected chi connectivity index (χ0v) is 14.1. The second kappa shape index (κ2) is 8.71. The van der Waals surface area contributed by atoms with Crippen molar-refractivity contribution in [1.29, 1.82) is 0 Å². The second-order valence-electron chi connectivity index (χ2n) is 5.61. The number of hydrogen-bond donors (Lipinski definition) is 1. The van der Waals surface area contributed by atoms with Crippen molar-refractivity contribution in [3.63, 3.8) is 0 Å². The van der Waals surface area contributed by atoms with Gasteiger partial charge in [0.15, 0.2) is 6.61 Å². The zero-order valence-electron chi connectivity index (χ0n) is 14.1. The first kappa shape index (κ1) is 17.5. The van der Waals surface area contributed by atoms with E-state index in [0.717, 1.165) is 11.1 Å². The largest absolute Gasteiger partial charge is 0.494 e. The van der Waals surface area contributed by atoms with Crippen LogP contribution in [0.2, 0.25) is 0 Å². The van der Waals surface area contributed by atoms with Crippen LogP contribution in [-0.4, -0.2) is 25.7 Å². The van der Waals surface area contributed by atoms with Crippen LogP contribution in [0.5, 0.6) is 11.5 Å². The number of amides is 1. The summed E-state index contributed by atoms with van der Waals surface area (Å²) in [5, 5.41) is 3.56. The Balaban J connectivity index is 1.38. The zero-order chi connectivity index (χ0) is 18.2. The summed E-state index contributed by atoms with van der Waals surface area (Å²) >= 11 is 0. The predicted molar refractivity (Wildman–Crippen MR) is 97.5 cm³/mol. The fraction of sp³-hybridized carbons (Fsp3) is 0.200. The Morgan fingerprint density at radius 2 is 1.77 bits per heavy atom. The summed E-state index contributed by atoms with van der Waals surface area (Å²) < 4.78 is 16.1. The van der Waals surface area contributed by atoms with E-state index in [0.29, 0.717) is 30.9 Å². The molecular formula is C20H19NO5. The van der Waals surface area contributed by atoms with Crippen molar-refractivity contribution in [1.82, 2.24) is 5.32 Å². The third kappa shape index (κ3) is 5.11. The number of para-hydroxylation sites is 1. The Morgan fingerprint density at radius 3 is 2.62 bits per heavy atom. The predicted octanol–water partition coefficient (Wildman–Crippen LogP) is 2.76. The van der Waals surface area contributed by atoms with Crippen molar-refractivity contribution in [2.75, 3.05) is 19.8 Å². The number of fused-ring (bicyclic) bond motifs is 1. The van der Waals surface area contributed by atoms with Crippen molar-refractivity contribution >= 4 is 16.9 Å². The molecule has 0 saturated carbocycles.